The molecule has 3 aliphatic heterocycles. The van der Waals surface area contributed by atoms with Gasteiger partial charge in [-0.3, -0.25) is 29.2 Å². The number of rotatable bonds is 6. The number of alkyl halides is 3. The van der Waals surface area contributed by atoms with Crippen molar-refractivity contribution in [2.75, 3.05) is 22.9 Å². The molecule has 5 rings (SSSR count). The van der Waals surface area contributed by atoms with Crippen LogP contribution in [0.5, 0.6) is 0 Å². The molecule has 2 atom stereocenters. The van der Waals surface area contributed by atoms with E-state index in [0.717, 1.165) is 28.0 Å². The van der Waals surface area contributed by atoms with E-state index < -0.39 is 58.7 Å². The molecule has 2 fully saturated rings. The molecule has 45 heavy (non-hydrogen) atoms. The molecule has 0 unspecified atom stereocenters. The van der Waals surface area contributed by atoms with Crippen LogP contribution < -0.4 is 16.0 Å². The number of nitrogens with one attached hydrogen (secondary N) is 1. The van der Waals surface area contributed by atoms with Crippen molar-refractivity contribution in [3.8, 4) is 0 Å². The van der Waals surface area contributed by atoms with Crippen LogP contribution in [0.4, 0.5) is 24.1 Å². The largest absolute Gasteiger partial charge is 0.491 e. The number of thioether (sulfide) groups is 1. The fraction of sp³-hybridized carbons (Fsp3) is 0.320. The minimum Gasteiger partial charge on any atom is -0.410 e. The number of hydrogen-bond acceptors (Lipinski definition) is 14. The van der Waals surface area contributed by atoms with Crippen molar-refractivity contribution in [1.29, 1.82) is 0 Å². The second kappa shape index (κ2) is 11.9. The lowest BCUT2D eigenvalue weighted by Crippen LogP contribution is -2.71. The third-order valence-corrected chi connectivity index (χ3v) is 8.72. The summed E-state index contributed by atoms with van der Waals surface area (Å²) in [4.78, 5) is 78.4. The van der Waals surface area contributed by atoms with E-state index in [0.29, 0.717) is 17.2 Å². The van der Waals surface area contributed by atoms with E-state index >= 15 is 0 Å². The molecule has 20 heteroatoms. The molecule has 0 spiro atoms. The monoisotopic (exact) mass is 666 g/mol. The van der Waals surface area contributed by atoms with Gasteiger partial charge in [0, 0.05) is 23.3 Å². The Bertz CT molecular complexity index is 1740. The normalized spacial score (nSPS) is 21.2. The Morgan fingerprint density at radius 2 is 1.98 bits per heavy atom. The molecule has 0 aromatic carbocycles. The third kappa shape index (κ3) is 5.97. The lowest BCUT2D eigenvalue weighted by molar-refractivity contribution is -0.201. The van der Waals surface area contributed by atoms with Crippen molar-refractivity contribution in [2.45, 2.75) is 37.9 Å². The number of allylic oxidation sites excluding steroid dienone is 1. The van der Waals surface area contributed by atoms with Gasteiger partial charge in [-0.1, -0.05) is 5.16 Å². The summed E-state index contributed by atoms with van der Waals surface area (Å²) in [6, 6.07) is -1.32. The van der Waals surface area contributed by atoms with Crippen LogP contribution in [-0.4, -0.2) is 90.3 Å². The van der Waals surface area contributed by atoms with Gasteiger partial charge in [-0.15, -0.1) is 23.1 Å². The van der Waals surface area contributed by atoms with Crippen LogP contribution in [0.15, 0.2) is 39.7 Å². The predicted octanol–water partition coefficient (Wildman–Crippen LogP) is 0.960. The van der Waals surface area contributed by atoms with Gasteiger partial charge < -0.3 is 21.0 Å². The first-order chi connectivity index (χ1) is 21.2. The molecular formula is C25H21F3N8O7S2. The van der Waals surface area contributed by atoms with Crippen LogP contribution in [0, 0.1) is 13.8 Å². The maximum atomic E-state index is 13.3. The number of hydrogen-bond donors (Lipinski definition) is 3. The number of esters is 2. The standard InChI is InChI=1S/C25H21F3N8O7S2/c1-9-6-30-17(10(2)31-9)35-4-3-11(19(35)38)5-12-7-44-21-15(33-18(37)14(34-42)13-8-45-24(29)32-13)20(39)36(21)16(12)22(40)43-23(41)25(26,27)28/h5-6,8,15,21,42H,3-4,7H2,1-2H3,(H2,29,32)(H,33,37)/b11-5?,34-14-/t15-,21-/m1/s1. The Kier molecular flexibility index (Phi) is 8.36. The highest BCUT2D eigenvalue weighted by Crippen LogP contribution is 2.42. The summed E-state index contributed by atoms with van der Waals surface area (Å²) in [5.74, 6) is -6.88. The number of oxime groups is 1. The van der Waals surface area contributed by atoms with Gasteiger partial charge in [0.05, 0.1) is 17.6 Å². The van der Waals surface area contributed by atoms with Gasteiger partial charge in [-0.2, -0.15) is 13.2 Å². The van der Waals surface area contributed by atoms with E-state index in [2.05, 4.69) is 30.2 Å². The predicted molar refractivity (Wildman–Crippen MR) is 151 cm³/mol. The highest BCUT2D eigenvalue weighted by molar-refractivity contribution is 8.00. The van der Waals surface area contributed by atoms with E-state index in [-0.39, 0.29) is 40.7 Å². The minimum atomic E-state index is -5.51. The maximum absolute atomic E-state index is 13.3. The van der Waals surface area contributed by atoms with Gasteiger partial charge in [0.2, 0.25) is 0 Å². The Labute approximate surface area is 259 Å². The van der Waals surface area contributed by atoms with Gasteiger partial charge in [-0.25, -0.2) is 19.6 Å². The molecule has 0 radical (unpaired) electrons. The number of fused-ring (bicyclic) bond motifs is 1. The lowest BCUT2D eigenvalue weighted by Gasteiger charge is -2.49. The van der Waals surface area contributed by atoms with Gasteiger partial charge in [0.15, 0.2) is 16.7 Å². The quantitative estimate of drug-likeness (QED) is 0.0749. The number of aryl methyl sites for hydroxylation is 2. The zero-order chi connectivity index (χ0) is 32.8. The second-order valence-corrected chi connectivity index (χ2v) is 11.7. The number of carbonyl (C=O) groups excluding carboxylic acids is 5. The minimum absolute atomic E-state index is 0.0539. The zero-order valence-corrected chi connectivity index (χ0v) is 24.7. The number of thiazole rings is 1. The van der Waals surface area contributed by atoms with Crippen LogP contribution in [0.3, 0.4) is 0 Å². The highest BCUT2D eigenvalue weighted by Gasteiger charge is 2.55. The highest BCUT2D eigenvalue weighted by atomic mass is 32.2. The summed E-state index contributed by atoms with van der Waals surface area (Å²) in [6.45, 7) is 3.59. The molecule has 3 aliphatic rings. The first-order valence-corrected chi connectivity index (χ1v) is 14.7. The second-order valence-electron chi connectivity index (χ2n) is 9.73. The van der Waals surface area contributed by atoms with Crippen molar-refractivity contribution in [3.63, 3.8) is 0 Å². The molecule has 0 saturated carbocycles. The van der Waals surface area contributed by atoms with Crippen LogP contribution in [0.25, 0.3) is 0 Å². The van der Waals surface area contributed by atoms with Crippen LogP contribution in [0.1, 0.15) is 23.5 Å². The number of amides is 3. The average molecular weight is 667 g/mol. The summed E-state index contributed by atoms with van der Waals surface area (Å²) in [7, 11) is 0. The molecular weight excluding hydrogens is 645 g/mol. The number of carbonyl (C=O) groups is 5. The van der Waals surface area contributed by atoms with Gasteiger partial charge in [0.25, 0.3) is 17.7 Å². The molecule has 5 heterocycles. The number of nitrogen functional groups attached to an aromatic ring is 1. The third-order valence-electron chi connectivity index (χ3n) is 6.74. The van der Waals surface area contributed by atoms with Gasteiger partial charge in [-0.05, 0) is 31.9 Å². The van der Waals surface area contributed by atoms with Gasteiger partial charge >= 0.3 is 18.1 Å². The van der Waals surface area contributed by atoms with Gasteiger partial charge in [0.1, 0.15) is 22.8 Å². The summed E-state index contributed by atoms with van der Waals surface area (Å²) in [6.07, 6.45) is -2.61. The van der Waals surface area contributed by atoms with Crippen LogP contribution >= 0.6 is 23.1 Å². The average Bonchev–Trinajstić information content (AvgIpc) is 3.56. The number of aromatic nitrogens is 3. The van der Waals surface area contributed by atoms with E-state index in [1.165, 1.54) is 22.6 Å². The molecule has 2 saturated heterocycles. The molecule has 3 amide bonds. The Morgan fingerprint density at radius 3 is 2.60 bits per heavy atom. The van der Waals surface area contributed by atoms with Crippen molar-refractivity contribution in [1.82, 2.24) is 25.2 Å². The first kappa shape index (κ1) is 31.6. The number of anilines is 2. The lowest BCUT2D eigenvalue weighted by atomic mass is 10.0. The SMILES string of the molecule is Cc1cnc(N2CCC(=CC3=C(C(=O)OC(=O)C(F)(F)F)N4C(=O)[C@@H](NC(=O)/C(=N\O)c5csc(N)n5)[C@H]4SC3)C2=O)c(C)n1. The van der Waals surface area contributed by atoms with Crippen molar-refractivity contribution in [2.24, 2.45) is 5.16 Å². The zero-order valence-electron chi connectivity index (χ0n) is 23.1. The molecule has 2 aromatic rings. The Balaban J connectivity index is 1.44. The molecule has 0 aliphatic carbocycles. The van der Waals surface area contributed by atoms with E-state index in [1.807, 2.05) is 0 Å². The Morgan fingerprint density at radius 1 is 1.24 bits per heavy atom. The van der Waals surface area contributed by atoms with E-state index in [9.17, 15) is 42.4 Å². The smallest absolute Gasteiger partial charge is 0.410 e. The van der Waals surface area contributed by atoms with Crippen molar-refractivity contribution >= 4 is 69.4 Å². The van der Waals surface area contributed by atoms with E-state index in [4.69, 9.17) is 5.73 Å². The number of β-lactam (4-membered cyclic amide) rings is 1. The molecule has 236 valence electrons. The number of nitrogens with zero attached hydrogens (tertiary/aromatic N) is 6. The summed E-state index contributed by atoms with van der Waals surface area (Å²) >= 11 is 1.97. The van der Waals surface area contributed by atoms with Crippen LogP contribution in [0.2, 0.25) is 0 Å². The number of ether oxygens (including phenoxy) is 1. The maximum Gasteiger partial charge on any atom is 0.491 e. The fourth-order valence-electron chi connectivity index (χ4n) is 4.77. The topological polar surface area (TPSA) is 210 Å². The first-order valence-electron chi connectivity index (χ1n) is 12.8. The molecule has 2 aromatic heterocycles. The summed E-state index contributed by atoms with van der Waals surface area (Å²) < 4.78 is 42.9. The fourth-order valence-corrected chi connectivity index (χ4v) is 6.62. The van der Waals surface area contributed by atoms with Crippen molar-refractivity contribution in [3.05, 3.63) is 51.6 Å². The van der Waals surface area contributed by atoms with E-state index in [1.54, 1.807) is 13.8 Å². The summed E-state index contributed by atoms with van der Waals surface area (Å²) in [5, 5.41) is 15.0. The van der Waals surface area contributed by atoms with Crippen molar-refractivity contribution < 1.29 is 47.1 Å². The number of halogens is 3. The summed E-state index contributed by atoms with van der Waals surface area (Å²) in [5.41, 5.74) is 5.43. The number of nitrogens with two attached hydrogens (primary N) is 1. The Hall–Kier alpha value is -4.85. The van der Waals surface area contributed by atoms with Crippen LogP contribution in [-0.2, 0) is 28.7 Å². The molecule has 15 nitrogen and oxygen atoms in total. The molecule has 0 bridgehead atoms. The molecule has 4 N–H and O–H groups in total.